The Morgan fingerprint density at radius 1 is 1.41 bits per heavy atom. The number of nitrogens with zero attached hydrogens (tertiary/aromatic N) is 2. The molecule has 0 aliphatic carbocycles. The van der Waals surface area contributed by atoms with Crippen LogP contribution in [0.1, 0.15) is 5.82 Å². The minimum absolute atomic E-state index is 0.601. The molecule has 0 saturated heterocycles. The molecule has 3 nitrogen and oxygen atoms in total. The van der Waals surface area contributed by atoms with E-state index in [1.54, 1.807) is 6.20 Å². The van der Waals surface area contributed by atoms with Gasteiger partial charge in [0.15, 0.2) is 0 Å². The molecule has 0 atom stereocenters. The van der Waals surface area contributed by atoms with E-state index in [0.717, 1.165) is 16.0 Å². The average molecular weight is 335 g/mol. The minimum atomic E-state index is 0.601. The molecule has 0 radical (unpaired) electrons. The molecule has 0 amide bonds. The lowest BCUT2D eigenvalue weighted by Gasteiger charge is -2.09. The maximum atomic E-state index is 5.91. The summed E-state index contributed by atoms with van der Waals surface area (Å²) in [4.78, 5) is 4.20. The van der Waals surface area contributed by atoms with Crippen molar-refractivity contribution in [2.45, 2.75) is 6.54 Å². The van der Waals surface area contributed by atoms with Gasteiger partial charge >= 0.3 is 0 Å². The summed E-state index contributed by atoms with van der Waals surface area (Å²) in [7, 11) is 1.88. The van der Waals surface area contributed by atoms with Gasteiger partial charge in [-0.25, -0.2) is 4.98 Å². The van der Waals surface area contributed by atoms with Gasteiger partial charge in [0.25, 0.3) is 0 Å². The van der Waals surface area contributed by atoms with Crippen LogP contribution in [0.2, 0.25) is 10.2 Å². The molecule has 17 heavy (non-hydrogen) atoms. The van der Waals surface area contributed by atoms with Crippen molar-refractivity contribution in [3.05, 3.63) is 44.9 Å². The lowest BCUT2D eigenvalue weighted by Crippen LogP contribution is -2.06. The Kier molecular flexibility index (Phi) is 3.97. The highest BCUT2D eigenvalue weighted by Crippen LogP contribution is 2.26. The Bertz CT molecular complexity index is 540. The Hall–Kier alpha value is -0.710. The quantitative estimate of drug-likeness (QED) is 0.915. The zero-order valence-electron chi connectivity index (χ0n) is 9.04. The predicted octanol–water partition coefficient (Wildman–Crippen LogP) is 4.10. The number of imidazole rings is 1. The number of halogens is 3. The van der Waals surface area contributed by atoms with Crippen LogP contribution in [0, 0.1) is 0 Å². The second-order valence-corrected chi connectivity index (χ2v) is 5.21. The van der Waals surface area contributed by atoms with Crippen molar-refractivity contribution in [3.8, 4) is 0 Å². The zero-order valence-corrected chi connectivity index (χ0v) is 12.1. The first-order valence-electron chi connectivity index (χ1n) is 4.93. The molecule has 0 fully saturated rings. The van der Waals surface area contributed by atoms with Gasteiger partial charge in [0.2, 0.25) is 0 Å². The molecule has 2 rings (SSSR count). The van der Waals surface area contributed by atoms with Crippen molar-refractivity contribution in [2.24, 2.45) is 7.05 Å². The molecule has 1 N–H and O–H groups in total. The SMILES string of the molecule is Cn1c(Cl)cnc1CNc1ccc(Cl)cc1Br. The molecule has 0 bridgehead atoms. The van der Waals surface area contributed by atoms with Crippen LogP contribution in [0.3, 0.4) is 0 Å². The highest BCUT2D eigenvalue weighted by molar-refractivity contribution is 9.10. The Balaban J connectivity index is 2.10. The first-order chi connectivity index (χ1) is 8.08. The topological polar surface area (TPSA) is 29.9 Å². The third-order valence-corrected chi connectivity index (χ3v) is 3.64. The standard InChI is InChI=1S/C11H10BrCl2N3/c1-17-10(14)5-16-11(17)6-15-9-3-2-7(13)4-8(9)12/h2-5,15H,6H2,1H3. The normalized spacial score (nSPS) is 10.6. The van der Waals surface area contributed by atoms with E-state index >= 15 is 0 Å². The summed E-state index contributed by atoms with van der Waals surface area (Å²) < 4.78 is 2.75. The highest BCUT2D eigenvalue weighted by atomic mass is 79.9. The van der Waals surface area contributed by atoms with Gasteiger partial charge in [0.05, 0.1) is 12.7 Å². The first-order valence-corrected chi connectivity index (χ1v) is 6.48. The summed E-state index contributed by atoms with van der Waals surface area (Å²) in [6.07, 6.45) is 1.63. The lowest BCUT2D eigenvalue weighted by molar-refractivity contribution is 0.813. The molecule has 6 heteroatoms. The molecule has 0 saturated carbocycles. The predicted molar refractivity (Wildman–Crippen MR) is 74.7 cm³/mol. The maximum absolute atomic E-state index is 5.91. The van der Waals surface area contributed by atoms with E-state index in [4.69, 9.17) is 23.2 Å². The zero-order chi connectivity index (χ0) is 12.4. The molecular weight excluding hydrogens is 325 g/mol. The molecule has 1 aromatic heterocycles. The molecular formula is C11H10BrCl2N3. The van der Waals surface area contributed by atoms with Crippen molar-refractivity contribution in [1.29, 1.82) is 0 Å². The van der Waals surface area contributed by atoms with Crippen molar-refractivity contribution >= 4 is 44.8 Å². The van der Waals surface area contributed by atoms with Crippen molar-refractivity contribution in [3.63, 3.8) is 0 Å². The number of aromatic nitrogens is 2. The monoisotopic (exact) mass is 333 g/mol. The number of rotatable bonds is 3. The molecule has 1 aromatic carbocycles. The van der Waals surface area contributed by atoms with Crippen LogP contribution < -0.4 is 5.32 Å². The van der Waals surface area contributed by atoms with Gasteiger partial charge in [-0.3, -0.25) is 0 Å². The summed E-state index contributed by atoms with van der Waals surface area (Å²) in [5.41, 5.74) is 0.966. The molecule has 90 valence electrons. The molecule has 0 spiro atoms. The van der Waals surface area contributed by atoms with Gasteiger partial charge in [-0.2, -0.15) is 0 Å². The summed E-state index contributed by atoms with van der Waals surface area (Å²) in [5, 5.41) is 4.58. The van der Waals surface area contributed by atoms with Crippen molar-refractivity contribution in [1.82, 2.24) is 9.55 Å². The minimum Gasteiger partial charge on any atom is -0.377 e. The summed E-state index contributed by atoms with van der Waals surface area (Å²) in [5.74, 6) is 0.872. The summed E-state index contributed by atoms with van der Waals surface area (Å²) in [6.45, 7) is 0.601. The van der Waals surface area contributed by atoms with E-state index in [-0.39, 0.29) is 0 Å². The lowest BCUT2D eigenvalue weighted by atomic mass is 10.3. The van der Waals surface area contributed by atoms with Gasteiger partial charge in [0.1, 0.15) is 11.0 Å². The van der Waals surface area contributed by atoms with Gasteiger partial charge < -0.3 is 9.88 Å². The van der Waals surface area contributed by atoms with Gasteiger partial charge in [-0.15, -0.1) is 0 Å². The van der Waals surface area contributed by atoms with Crippen LogP contribution in [-0.4, -0.2) is 9.55 Å². The average Bonchev–Trinajstić information content (AvgIpc) is 2.59. The second kappa shape index (κ2) is 5.29. The molecule has 0 aliphatic heterocycles. The van der Waals surface area contributed by atoms with Crippen LogP contribution in [0.4, 0.5) is 5.69 Å². The second-order valence-electron chi connectivity index (χ2n) is 3.53. The van der Waals surface area contributed by atoms with E-state index in [2.05, 4.69) is 26.2 Å². The molecule has 1 heterocycles. The maximum Gasteiger partial charge on any atom is 0.128 e. The number of nitrogens with one attached hydrogen (secondary N) is 1. The van der Waals surface area contributed by atoms with Crippen LogP contribution in [0.5, 0.6) is 0 Å². The van der Waals surface area contributed by atoms with Gasteiger partial charge in [0, 0.05) is 22.2 Å². The number of hydrogen-bond donors (Lipinski definition) is 1. The van der Waals surface area contributed by atoms with Gasteiger partial charge in [-0.1, -0.05) is 23.2 Å². The Morgan fingerprint density at radius 2 is 2.18 bits per heavy atom. The molecule has 2 aromatic rings. The summed E-state index contributed by atoms with van der Waals surface area (Å²) >= 11 is 15.2. The van der Waals surface area contributed by atoms with E-state index in [1.807, 2.05) is 29.8 Å². The van der Waals surface area contributed by atoms with Gasteiger partial charge in [-0.05, 0) is 34.1 Å². The van der Waals surface area contributed by atoms with Crippen LogP contribution in [0.25, 0.3) is 0 Å². The van der Waals surface area contributed by atoms with E-state index in [1.165, 1.54) is 0 Å². The number of benzene rings is 1. The van der Waals surface area contributed by atoms with Crippen molar-refractivity contribution < 1.29 is 0 Å². The fourth-order valence-electron chi connectivity index (χ4n) is 1.40. The number of anilines is 1. The molecule has 0 aliphatic rings. The fraction of sp³-hybridized carbons (Fsp3) is 0.182. The van der Waals surface area contributed by atoms with E-state index < -0.39 is 0 Å². The first kappa shape index (κ1) is 12.7. The fourth-order valence-corrected chi connectivity index (χ4v) is 2.36. The summed E-state index contributed by atoms with van der Waals surface area (Å²) in [6, 6.07) is 5.59. The Morgan fingerprint density at radius 3 is 2.76 bits per heavy atom. The third-order valence-electron chi connectivity index (χ3n) is 2.40. The van der Waals surface area contributed by atoms with Crippen LogP contribution >= 0.6 is 39.1 Å². The van der Waals surface area contributed by atoms with Crippen LogP contribution in [0.15, 0.2) is 28.9 Å². The van der Waals surface area contributed by atoms with E-state index in [9.17, 15) is 0 Å². The Labute approximate surface area is 118 Å². The van der Waals surface area contributed by atoms with Crippen LogP contribution in [-0.2, 0) is 13.6 Å². The largest absolute Gasteiger partial charge is 0.377 e. The molecule has 0 unspecified atom stereocenters. The highest BCUT2D eigenvalue weighted by Gasteiger charge is 2.05. The van der Waals surface area contributed by atoms with E-state index in [0.29, 0.717) is 16.7 Å². The smallest absolute Gasteiger partial charge is 0.128 e. The third kappa shape index (κ3) is 2.94. The van der Waals surface area contributed by atoms with Crippen molar-refractivity contribution in [2.75, 3.05) is 5.32 Å². The number of hydrogen-bond acceptors (Lipinski definition) is 2.